The van der Waals surface area contributed by atoms with Crippen molar-refractivity contribution >= 4 is 0 Å². The summed E-state index contributed by atoms with van der Waals surface area (Å²) in [4.78, 5) is 19.9. The van der Waals surface area contributed by atoms with Gasteiger partial charge in [-0.2, -0.15) is 0 Å². The quantitative estimate of drug-likeness (QED) is 0.814. The third-order valence-corrected chi connectivity index (χ3v) is 4.11. The van der Waals surface area contributed by atoms with Gasteiger partial charge >= 0.3 is 0 Å². The molecule has 2 aliphatic heterocycles. The molecule has 1 saturated heterocycles. The van der Waals surface area contributed by atoms with Gasteiger partial charge in [0.05, 0.1) is 11.3 Å². The molecule has 1 aromatic heterocycles. The second-order valence-electron chi connectivity index (χ2n) is 5.34. The van der Waals surface area contributed by atoms with Gasteiger partial charge < -0.3 is 10.3 Å². The first-order valence-electron chi connectivity index (χ1n) is 6.76. The Morgan fingerprint density at radius 1 is 1.16 bits per heavy atom. The highest BCUT2D eigenvalue weighted by Crippen LogP contribution is 2.33. The van der Waals surface area contributed by atoms with Crippen LogP contribution in [-0.2, 0) is 6.42 Å². The molecule has 2 unspecified atom stereocenters. The summed E-state index contributed by atoms with van der Waals surface area (Å²) in [5, 5.41) is 3.49. The molecule has 19 heavy (non-hydrogen) atoms. The average molecular weight is 253 g/mol. The number of benzene rings is 1. The van der Waals surface area contributed by atoms with Crippen LogP contribution in [0.1, 0.15) is 30.1 Å². The summed E-state index contributed by atoms with van der Waals surface area (Å²) in [6.45, 7) is 0. The van der Waals surface area contributed by atoms with E-state index in [2.05, 4.69) is 15.3 Å². The van der Waals surface area contributed by atoms with Gasteiger partial charge in [-0.3, -0.25) is 4.79 Å². The molecule has 4 nitrogen and oxygen atoms in total. The molecular formula is C15H15N3O. The zero-order chi connectivity index (χ0) is 12.8. The molecule has 2 bridgehead atoms. The van der Waals surface area contributed by atoms with E-state index in [0.717, 1.165) is 36.1 Å². The van der Waals surface area contributed by atoms with Gasteiger partial charge in [-0.1, -0.05) is 30.3 Å². The van der Waals surface area contributed by atoms with Gasteiger partial charge in [-0.25, -0.2) is 4.98 Å². The normalized spacial score (nSPS) is 24.2. The number of hydrogen-bond acceptors (Lipinski definition) is 3. The Balaban J connectivity index is 1.88. The Morgan fingerprint density at radius 2 is 2.00 bits per heavy atom. The number of rotatable bonds is 1. The van der Waals surface area contributed by atoms with Crippen molar-refractivity contribution in [1.82, 2.24) is 15.3 Å². The van der Waals surface area contributed by atoms with E-state index in [9.17, 15) is 4.79 Å². The molecule has 2 aliphatic rings. The van der Waals surface area contributed by atoms with Gasteiger partial charge in [-0.05, 0) is 12.8 Å². The van der Waals surface area contributed by atoms with Crippen molar-refractivity contribution in [3.8, 4) is 11.4 Å². The smallest absolute Gasteiger partial charge is 0.256 e. The molecule has 1 aromatic carbocycles. The summed E-state index contributed by atoms with van der Waals surface area (Å²) in [6.07, 6.45) is 3.06. The molecule has 0 saturated carbocycles. The lowest BCUT2D eigenvalue weighted by molar-refractivity contribution is 0.501. The molecule has 0 spiro atoms. The van der Waals surface area contributed by atoms with Gasteiger partial charge in [0, 0.05) is 24.1 Å². The first-order chi connectivity index (χ1) is 9.31. The lowest BCUT2D eigenvalue weighted by atomic mass is 10.0. The van der Waals surface area contributed by atoms with Crippen molar-refractivity contribution < 1.29 is 0 Å². The Kier molecular flexibility index (Phi) is 2.32. The molecule has 4 heteroatoms. The molecule has 2 aromatic rings. The van der Waals surface area contributed by atoms with E-state index in [1.165, 1.54) is 0 Å². The number of nitrogens with one attached hydrogen (secondary N) is 2. The van der Waals surface area contributed by atoms with E-state index >= 15 is 0 Å². The van der Waals surface area contributed by atoms with Crippen molar-refractivity contribution in [2.24, 2.45) is 0 Å². The van der Waals surface area contributed by atoms with E-state index in [4.69, 9.17) is 0 Å². The fraction of sp³-hybridized carbons (Fsp3) is 0.333. The summed E-state index contributed by atoms with van der Waals surface area (Å²) in [5.41, 5.74) is 2.82. The van der Waals surface area contributed by atoms with Crippen molar-refractivity contribution in [2.45, 2.75) is 31.3 Å². The lowest BCUT2D eigenvalue weighted by Crippen LogP contribution is -2.37. The number of hydrogen-bond donors (Lipinski definition) is 2. The SMILES string of the molecule is O=c1[nH]c(-c2ccccc2)nc2c1C1CCC(C2)N1. The highest BCUT2D eigenvalue weighted by atomic mass is 16.1. The minimum atomic E-state index is 0.0155. The standard InChI is InChI=1S/C15H15N3O/c19-15-13-11-7-6-10(16-11)8-12(13)17-14(18-15)9-4-2-1-3-5-9/h1-5,10-11,16H,6-8H2,(H,17,18,19). The van der Waals surface area contributed by atoms with Gasteiger partial charge in [0.15, 0.2) is 0 Å². The van der Waals surface area contributed by atoms with Crippen molar-refractivity contribution in [3.05, 3.63) is 51.9 Å². The Morgan fingerprint density at radius 3 is 2.84 bits per heavy atom. The maximum absolute atomic E-state index is 12.3. The molecule has 0 amide bonds. The van der Waals surface area contributed by atoms with Crippen LogP contribution in [0.3, 0.4) is 0 Å². The fourth-order valence-corrected chi connectivity index (χ4v) is 3.22. The molecule has 3 heterocycles. The zero-order valence-electron chi connectivity index (χ0n) is 10.5. The zero-order valence-corrected chi connectivity index (χ0v) is 10.5. The Hall–Kier alpha value is -1.94. The van der Waals surface area contributed by atoms with E-state index in [1.54, 1.807) is 0 Å². The van der Waals surface area contributed by atoms with Crippen LogP contribution >= 0.6 is 0 Å². The van der Waals surface area contributed by atoms with Crippen LogP contribution in [0.15, 0.2) is 35.1 Å². The van der Waals surface area contributed by atoms with Crippen molar-refractivity contribution in [2.75, 3.05) is 0 Å². The van der Waals surface area contributed by atoms with Gasteiger partial charge in [0.25, 0.3) is 5.56 Å². The second kappa shape index (κ2) is 4.03. The summed E-state index contributed by atoms with van der Waals surface area (Å²) in [5.74, 6) is 0.686. The van der Waals surface area contributed by atoms with E-state index < -0.39 is 0 Å². The van der Waals surface area contributed by atoms with Gasteiger partial charge in [-0.15, -0.1) is 0 Å². The third-order valence-electron chi connectivity index (χ3n) is 4.11. The monoisotopic (exact) mass is 253 g/mol. The molecule has 2 N–H and O–H groups in total. The van der Waals surface area contributed by atoms with Crippen LogP contribution in [-0.4, -0.2) is 16.0 Å². The predicted molar refractivity (Wildman–Crippen MR) is 72.9 cm³/mol. The Labute approximate surface area is 110 Å². The van der Waals surface area contributed by atoms with Gasteiger partial charge in [0.1, 0.15) is 5.82 Å². The van der Waals surface area contributed by atoms with Gasteiger partial charge in [0.2, 0.25) is 0 Å². The minimum Gasteiger partial charge on any atom is -0.307 e. The van der Waals surface area contributed by atoms with Crippen molar-refractivity contribution in [3.63, 3.8) is 0 Å². The highest BCUT2D eigenvalue weighted by Gasteiger charge is 2.35. The van der Waals surface area contributed by atoms with Crippen molar-refractivity contribution in [1.29, 1.82) is 0 Å². The Bertz CT molecular complexity index is 678. The predicted octanol–water partition coefficient (Wildman–Crippen LogP) is 1.79. The van der Waals surface area contributed by atoms with E-state index in [-0.39, 0.29) is 11.6 Å². The molecule has 96 valence electrons. The molecule has 0 aliphatic carbocycles. The largest absolute Gasteiger partial charge is 0.307 e. The number of H-pyrrole nitrogens is 1. The van der Waals surface area contributed by atoms with Crippen LogP contribution < -0.4 is 10.9 Å². The maximum Gasteiger partial charge on any atom is 0.256 e. The highest BCUT2D eigenvalue weighted by molar-refractivity contribution is 5.55. The van der Waals surface area contributed by atoms with Crippen LogP contribution in [0.4, 0.5) is 0 Å². The third kappa shape index (κ3) is 1.71. The van der Waals surface area contributed by atoms with Crippen LogP contribution in [0.5, 0.6) is 0 Å². The molecule has 2 atom stereocenters. The van der Waals surface area contributed by atoms with Crippen LogP contribution in [0.25, 0.3) is 11.4 Å². The molecule has 4 rings (SSSR count). The summed E-state index contributed by atoms with van der Waals surface area (Å²) in [6, 6.07) is 10.5. The number of aromatic amines is 1. The van der Waals surface area contributed by atoms with Crippen LogP contribution in [0.2, 0.25) is 0 Å². The van der Waals surface area contributed by atoms with E-state index in [1.807, 2.05) is 30.3 Å². The first-order valence-corrected chi connectivity index (χ1v) is 6.76. The average Bonchev–Trinajstić information content (AvgIpc) is 2.81. The second-order valence-corrected chi connectivity index (χ2v) is 5.34. The minimum absolute atomic E-state index is 0.0155. The molecule has 0 radical (unpaired) electrons. The number of fused-ring (bicyclic) bond motifs is 4. The summed E-state index contributed by atoms with van der Waals surface area (Å²) < 4.78 is 0. The molecular weight excluding hydrogens is 238 g/mol. The topological polar surface area (TPSA) is 57.8 Å². The molecule has 1 fully saturated rings. The maximum atomic E-state index is 12.3. The number of aromatic nitrogens is 2. The first kappa shape index (κ1) is 10.9. The summed E-state index contributed by atoms with van der Waals surface area (Å²) >= 11 is 0. The fourth-order valence-electron chi connectivity index (χ4n) is 3.22. The van der Waals surface area contributed by atoms with E-state index in [0.29, 0.717) is 11.9 Å². The summed E-state index contributed by atoms with van der Waals surface area (Å²) in [7, 11) is 0. The van der Waals surface area contributed by atoms with Crippen LogP contribution in [0, 0.1) is 0 Å². The lowest BCUT2D eigenvalue weighted by Gasteiger charge is -2.23. The number of nitrogens with zero attached hydrogens (tertiary/aromatic N) is 1.